The summed E-state index contributed by atoms with van der Waals surface area (Å²) in [6.45, 7) is 0. The van der Waals surface area contributed by atoms with Crippen molar-refractivity contribution in [1.29, 1.82) is 0 Å². The van der Waals surface area contributed by atoms with Gasteiger partial charge in [-0.25, -0.2) is 8.78 Å². The summed E-state index contributed by atoms with van der Waals surface area (Å²) in [6.07, 6.45) is 0.405. The summed E-state index contributed by atoms with van der Waals surface area (Å²) >= 11 is 0. The number of hydrogen-bond acceptors (Lipinski definition) is 2. The predicted octanol–water partition coefficient (Wildman–Crippen LogP) is 2.94. The molecule has 0 spiro atoms. The van der Waals surface area contributed by atoms with Gasteiger partial charge in [0.05, 0.1) is 11.4 Å². The van der Waals surface area contributed by atoms with Crippen LogP contribution in [-0.4, -0.2) is 11.9 Å². The van der Waals surface area contributed by atoms with Gasteiger partial charge in [0.1, 0.15) is 6.04 Å². The summed E-state index contributed by atoms with van der Waals surface area (Å²) in [6, 6.07) is 11.1. The molecule has 2 aromatic rings. The fourth-order valence-electron chi connectivity index (χ4n) is 2.25. The Balaban J connectivity index is 1.88. The first-order chi connectivity index (χ1) is 9.65. The molecule has 0 saturated carbocycles. The Kier molecular flexibility index (Phi) is 3.10. The number of amides is 1. The number of carbonyl (C=O) groups is 1. The van der Waals surface area contributed by atoms with Gasteiger partial charge in [-0.15, -0.1) is 0 Å². The van der Waals surface area contributed by atoms with Gasteiger partial charge < -0.3 is 10.6 Å². The maximum atomic E-state index is 13.7. The van der Waals surface area contributed by atoms with Crippen molar-refractivity contribution in [2.45, 2.75) is 12.5 Å². The molecular weight excluding hydrogens is 262 g/mol. The molecule has 0 saturated heterocycles. The van der Waals surface area contributed by atoms with Crippen LogP contribution in [0.2, 0.25) is 0 Å². The van der Waals surface area contributed by atoms with Gasteiger partial charge in [0.2, 0.25) is 5.91 Å². The second kappa shape index (κ2) is 4.92. The number of fused-ring (bicyclic) bond motifs is 1. The minimum absolute atomic E-state index is 0.00512. The molecule has 2 aromatic carbocycles. The molecule has 1 aliphatic heterocycles. The highest BCUT2D eigenvalue weighted by atomic mass is 19.2. The largest absolute Gasteiger partial charge is 0.369 e. The summed E-state index contributed by atoms with van der Waals surface area (Å²) in [5.41, 5.74) is 1.21. The molecule has 0 fully saturated rings. The molecule has 20 heavy (non-hydrogen) atoms. The second-order valence-corrected chi connectivity index (χ2v) is 4.66. The van der Waals surface area contributed by atoms with Gasteiger partial charge >= 0.3 is 0 Å². The van der Waals surface area contributed by atoms with Crippen LogP contribution in [0, 0.1) is 11.6 Å². The summed E-state index contributed by atoms with van der Waals surface area (Å²) in [5.74, 6) is -2.17. The lowest BCUT2D eigenvalue weighted by atomic mass is 10.0. The number of nitrogens with one attached hydrogen (secondary N) is 2. The standard InChI is InChI=1S/C15H12F2N2O/c16-10-6-7-11-14(13(10)17)18-12(15(20)19-11)8-9-4-2-1-3-5-9/h1-7,12,18H,8H2,(H,19,20). The molecule has 1 aliphatic rings. The van der Waals surface area contributed by atoms with Crippen molar-refractivity contribution in [2.75, 3.05) is 10.6 Å². The lowest BCUT2D eigenvalue weighted by molar-refractivity contribution is -0.117. The number of hydrogen-bond donors (Lipinski definition) is 2. The van der Waals surface area contributed by atoms with Crippen LogP contribution in [0.3, 0.4) is 0 Å². The average Bonchev–Trinajstić information content (AvgIpc) is 2.46. The van der Waals surface area contributed by atoms with Crippen molar-refractivity contribution in [3.05, 3.63) is 59.7 Å². The number of carbonyl (C=O) groups excluding carboxylic acids is 1. The fraction of sp³-hybridized carbons (Fsp3) is 0.133. The van der Waals surface area contributed by atoms with Gasteiger partial charge in [0, 0.05) is 6.42 Å². The van der Waals surface area contributed by atoms with Crippen molar-refractivity contribution in [1.82, 2.24) is 0 Å². The highest BCUT2D eigenvalue weighted by Gasteiger charge is 2.28. The molecule has 0 aromatic heterocycles. The van der Waals surface area contributed by atoms with E-state index in [4.69, 9.17) is 0 Å². The molecule has 102 valence electrons. The van der Waals surface area contributed by atoms with Crippen molar-refractivity contribution < 1.29 is 13.6 Å². The molecule has 3 rings (SSSR count). The van der Waals surface area contributed by atoms with E-state index < -0.39 is 17.7 Å². The summed E-state index contributed by atoms with van der Waals surface area (Å²) in [5, 5.41) is 5.37. The lowest BCUT2D eigenvalue weighted by Crippen LogP contribution is -2.40. The molecule has 1 heterocycles. The molecule has 3 nitrogen and oxygen atoms in total. The van der Waals surface area contributed by atoms with Gasteiger partial charge in [-0.1, -0.05) is 30.3 Å². The third-order valence-electron chi connectivity index (χ3n) is 3.27. The van der Waals surface area contributed by atoms with E-state index in [1.807, 2.05) is 30.3 Å². The van der Waals surface area contributed by atoms with Crippen LogP contribution in [0.5, 0.6) is 0 Å². The van der Waals surface area contributed by atoms with Gasteiger partial charge in [-0.2, -0.15) is 0 Å². The van der Waals surface area contributed by atoms with Crippen molar-refractivity contribution in [3.63, 3.8) is 0 Å². The van der Waals surface area contributed by atoms with Crippen LogP contribution in [0.4, 0.5) is 20.2 Å². The van der Waals surface area contributed by atoms with Gasteiger partial charge in [-0.05, 0) is 17.7 Å². The SMILES string of the molecule is O=C1Nc2ccc(F)c(F)c2NC1Cc1ccccc1. The van der Waals surface area contributed by atoms with E-state index in [-0.39, 0.29) is 17.3 Å². The first-order valence-corrected chi connectivity index (χ1v) is 6.24. The molecule has 1 unspecified atom stereocenters. The molecule has 0 bridgehead atoms. The highest BCUT2D eigenvalue weighted by Crippen LogP contribution is 2.31. The van der Waals surface area contributed by atoms with Crippen LogP contribution in [-0.2, 0) is 11.2 Å². The Morgan fingerprint density at radius 3 is 2.55 bits per heavy atom. The zero-order valence-electron chi connectivity index (χ0n) is 10.5. The Morgan fingerprint density at radius 1 is 1.05 bits per heavy atom. The minimum atomic E-state index is -0.972. The van der Waals surface area contributed by atoms with Crippen LogP contribution < -0.4 is 10.6 Å². The van der Waals surface area contributed by atoms with E-state index in [9.17, 15) is 13.6 Å². The Hall–Kier alpha value is -2.43. The van der Waals surface area contributed by atoms with E-state index in [1.165, 1.54) is 6.07 Å². The normalized spacial score (nSPS) is 17.1. The van der Waals surface area contributed by atoms with Crippen LogP contribution in [0.15, 0.2) is 42.5 Å². The number of benzene rings is 2. The van der Waals surface area contributed by atoms with Crippen molar-refractivity contribution >= 4 is 17.3 Å². The summed E-state index contributed by atoms with van der Waals surface area (Å²) in [4.78, 5) is 12.0. The molecular formula is C15H12F2N2O. The summed E-state index contributed by atoms with van der Waals surface area (Å²) < 4.78 is 27.0. The van der Waals surface area contributed by atoms with Crippen molar-refractivity contribution in [2.24, 2.45) is 0 Å². The van der Waals surface area contributed by atoms with Crippen LogP contribution in [0.25, 0.3) is 0 Å². The lowest BCUT2D eigenvalue weighted by Gasteiger charge is -2.27. The monoisotopic (exact) mass is 274 g/mol. The van der Waals surface area contributed by atoms with Crippen molar-refractivity contribution in [3.8, 4) is 0 Å². The molecule has 0 radical (unpaired) electrons. The zero-order valence-corrected chi connectivity index (χ0v) is 10.5. The smallest absolute Gasteiger partial charge is 0.247 e. The Morgan fingerprint density at radius 2 is 1.80 bits per heavy atom. The third kappa shape index (κ3) is 2.22. The molecule has 1 amide bonds. The minimum Gasteiger partial charge on any atom is -0.369 e. The number of halogens is 2. The third-order valence-corrected chi connectivity index (χ3v) is 3.27. The van der Waals surface area contributed by atoms with Gasteiger partial charge in [0.15, 0.2) is 11.6 Å². The first kappa shape index (κ1) is 12.6. The number of anilines is 2. The predicted molar refractivity (Wildman–Crippen MR) is 72.5 cm³/mol. The Labute approximate surface area is 114 Å². The average molecular weight is 274 g/mol. The van der Waals surface area contributed by atoms with E-state index in [2.05, 4.69) is 10.6 Å². The summed E-state index contributed by atoms with van der Waals surface area (Å²) in [7, 11) is 0. The van der Waals surface area contributed by atoms with Gasteiger partial charge in [0.25, 0.3) is 0 Å². The van der Waals surface area contributed by atoms with E-state index >= 15 is 0 Å². The molecule has 1 atom stereocenters. The second-order valence-electron chi connectivity index (χ2n) is 4.66. The topological polar surface area (TPSA) is 41.1 Å². The zero-order chi connectivity index (χ0) is 14.1. The molecule has 2 N–H and O–H groups in total. The van der Waals surface area contributed by atoms with Crippen LogP contribution in [0.1, 0.15) is 5.56 Å². The molecule has 5 heteroatoms. The van der Waals surface area contributed by atoms with Gasteiger partial charge in [-0.3, -0.25) is 4.79 Å². The van der Waals surface area contributed by atoms with E-state index in [0.717, 1.165) is 11.6 Å². The Bertz CT molecular complexity index is 658. The highest BCUT2D eigenvalue weighted by molar-refractivity contribution is 6.03. The first-order valence-electron chi connectivity index (χ1n) is 6.24. The van der Waals surface area contributed by atoms with E-state index in [0.29, 0.717) is 6.42 Å². The number of rotatable bonds is 2. The fourth-order valence-corrected chi connectivity index (χ4v) is 2.25. The maximum Gasteiger partial charge on any atom is 0.247 e. The van der Waals surface area contributed by atoms with Crippen LogP contribution >= 0.6 is 0 Å². The quantitative estimate of drug-likeness (QED) is 0.884. The molecule has 0 aliphatic carbocycles. The van der Waals surface area contributed by atoms with E-state index in [1.54, 1.807) is 0 Å². The maximum absolute atomic E-state index is 13.7.